The molecule has 33 heavy (non-hydrogen) atoms. The standard InChI is InChI=1S/C20H15F4NO8/c21-12-5-1-10(2-6-12)9-19(11-3-7-13(8-4-11)31-20(22,23)24)18(30)25-33-17(29)15(27)14(26)16(28)32-19/h1-8,14-15,26-27H,9H2,(H,25,30). The molecule has 3 atom stereocenters. The molecule has 2 aromatic rings. The second-order valence-corrected chi connectivity index (χ2v) is 6.87. The minimum Gasteiger partial charge on any atom is -0.441 e. The Bertz CT molecular complexity index is 1040. The molecule has 13 heteroatoms. The fraction of sp³-hybridized carbons (Fsp3) is 0.250. The molecule has 3 N–H and O–H groups in total. The Labute approximate surface area is 182 Å². The van der Waals surface area contributed by atoms with Crippen molar-refractivity contribution >= 4 is 17.8 Å². The molecule has 0 aromatic heterocycles. The van der Waals surface area contributed by atoms with Crippen LogP contribution in [0.3, 0.4) is 0 Å². The highest BCUT2D eigenvalue weighted by atomic mass is 19.4. The van der Waals surface area contributed by atoms with Gasteiger partial charge in [-0.05, 0) is 29.8 Å². The van der Waals surface area contributed by atoms with Crippen molar-refractivity contribution < 1.29 is 56.5 Å². The van der Waals surface area contributed by atoms with Gasteiger partial charge in [0.2, 0.25) is 5.60 Å². The molecule has 0 radical (unpaired) electrons. The van der Waals surface area contributed by atoms with Crippen molar-refractivity contribution in [1.29, 1.82) is 0 Å². The van der Waals surface area contributed by atoms with Crippen LogP contribution in [0.5, 0.6) is 5.75 Å². The second-order valence-electron chi connectivity index (χ2n) is 6.87. The predicted octanol–water partition coefficient (Wildman–Crippen LogP) is 1.02. The fourth-order valence-corrected chi connectivity index (χ4v) is 3.00. The van der Waals surface area contributed by atoms with Gasteiger partial charge in [-0.3, -0.25) is 4.79 Å². The van der Waals surface area contributed by atoms with Gasteiger partial charge in [0.15, 0.2) is 12.2 Å². The number of carbonyl (C=O) groups excluding carboxylic acids is 3. The van der Waals surface area contributed by atoms with Crippen LogP contribution in [0, 0.1) is 5.82 Å². The lowest BCUT2D eigenvalue weighted by molar-refractivity contribution is -0.274. The summed E-state index contributed by atoms with van der Waals surface area (Å²) in [7, 11) is 0. The molecular weight excluding hydrogens is 458 g/mol. The van der Waals surface area contributed by atoms with Crippen molar-refractivity contribution in [2.75, 3.05) is 0 Å². The number of alkyl halides is 3. The van der Waals surface area contributed by atoms with E-state index in [4.69, 9.17) is 4.74 Å². The summed E-state index contributed by atoms with van der Waals surface area (Å²) < 4.78 is 59.7. The van der Waals surface area contributed by atoms with E-state index in [1.54, 1.807) is 5.48 Å². The molecule has 1 saturated heterocycles. The number of hydroxylamine groups is 1. The lowest BCUT2D eigenvalue weighted by Gasteiger charge is -2.32. The van der Waals surface area contributed by atoms with E-state index in [-0.39, 0.29) is 11.1 Å². The number of nitrogens with one attached hydrogen (secondary N) is 1. The number of carbonyl (C=O) groups is 3. The van der Waals surface area contributed by atoms with Crippen LogP contribution in [0.1, 0.15) is 11.1 Å². The molecule has 1 heterocycles. The number of halogens is 4. The van der Waals surface area contributed by atoms with Crippen molar-refractivity contribution in [2.45, 2.75) is 30.6 Å². The third kappa shape index (κ3) is 5.38. The molecular formula is C20H15F4NO8. The minimum absolute atomic E-state index is 0.216. The summed E-state index contributed by atoms with van der Waals surface area (Å²) in [5.41, 5.74) is -0.720. The summed E-state index contributed by atoms with van der Waals surface area (Å²) in [6.07, 6.45) is -10.4. The number of benzene rings is 2. The summed E-state index contributed by atoms with van der Waals surface area (Å²) in [6.45, 7) is 0. The average Bonchev–Trinajstić information content (AvgIpc) is 2.78. The number of rotatable bonds is 4. The molecule has 2 aromatic carbocycles. The van der Waals surface area contributed by atoms with E-state index in [2.05, 4.69) is 9.57 Å². The van der Waals surface area contributed by atoms with Gasteiger partial charge in [0, 0.05) is 12.0 Å². The fourth-order valence-electron chi connectivity index (χ4n) is 3.00. The topological polar surface area (TPSA) is 131 Å². The number of hydrogen-bond donors (Lipinski definition) is 3. The molecule has 1 fully saturated rings. The first kappa shape index (κ1) is 23.9. The van der Waals surface area contributed by atoms with Crippen molar-refractivity contribution in [3.63, 3.8) is 0 Å². The number of esters is 1. The highest BCUT2D eigenvalue weighted by Crippen LogP contribution is 2.34. The van der Waals surface area contributed by atoms with Gasteiger partial charge in [-0.15, -0.1) is 13.2 Å². The summed E-state index contributed by atoms with van der Waals surface area (Å²) >= 11 is 0. The Morgan fingerprint density at radius 3 is 2.09 bits per heavy atom. The summed E-state index contributed by atoms with van der Waals surface area (Å²) in [5, 5.41) is 19.6. The van der Waals surface area contributed by atoms with Gasteiger partial charge >= 0.3 is 24.2 Å². The average molecular weight is 473 g/mol. The van der Waals surface area contributed by atoms with E-state index >= 15 is 0 Å². The molecule has 176 valence electrons. The van der Waals surface area contributed by atoms with Crippen LogP contribution in [0.25, 0.3) is 0 Å². The maximum atomic E-state index is 13.3. The second kappa shape index (κ2) is 9.03. The van der Waals surface area contributed by atoms with Gasteiger partial charge in [-0.1, -0.05) is 24.3 Å². The smallest absolute Gasteiger partial charge is 0.441 e. The Hall–Kier alpha value is -3.71. The molecule has 1 amide bonds. The van der Waals surface area contributed by atoms with Crippen LogP contribution in [-0.4, -0.2) is 46.6 Å². The van der Waals surface area contributed by atoms with Gasteiger partial charge in [0.05, 0.1) is 0 Å². The quantitative estimate of drug-likeness (QED) is 0.443. The molecule has 0 bridgehead atoms. The van der Waals surface area contributed by atoms with Gasteiger partial charge in [0.1, 0.15) is 11.6 Å². The molecule has 3 unspecified atom stereocenters. The predicted molar refractivity (Wildman–Crippen MR) is 97.2 cm³/mol. The number of cyclic esters (lactones) is 1. The number of hydrogen-bond acceptors (Lipinski definition) is 8. The Morgan fingerprint density at radius 1 is 0.939 bits per heavy atom. The van der Waals surface area contributed by atoms with Crippen LogP contribution < -0.4 is 10.2 Å². The monoisotopic (exact) mass is 473 g/mol. The molecule has 1 aliphatic heterocycles. The highest BCUT2D eigenvalue weighted by molar-refractivity contribution is 5.93. The lowest BCUT2D eigenvalue weighted by Crippen LogP contribution is -2.49. The number of amides is 1. The minimum atomic E-state index is -5.00. The van der Waals surface area contributed by atoms with Crippen molar-refractivity contribution in [2.24, 2.45) is 0 Å². The Kier molecular flexibility index (Phi) is 6.56. The summed E-state index contributed by atoms with van der Waals surface area (Å²) in [4.78, 5) is 41.6. The molecule has 0 saturated carbocycles. The van der Waals surface area contributed by atoms with Crippen LogP contribution in [0.4, 0.5) is 17.6 Å². The van der Waals surface area contributed by atoms with Crippen LogP contribution in [0.15, 0.2) is 48.5 Å². The first-order valence-electron chi connectivity index (χ1n) is 9.12. The van der Waals surface area contributed by atoms with Gasteiger partial charge in [0.25, 0.3) is 0 Å². The van der Waals surface area contributed by atoms with E-state index < -0.39 is 60.0 Å². The first-order chi connectivity index (χ1) is 15.4. The zero-order valence-corrected chi connectivity index (χ0v) is 16.3. The summed E-state index contributed by atoms with van der Waals surface area (Å²) in [6, 6.07) is 8.17. The van der Waals surface area contributed by atoms with Gasteiger partial charge in [-0.2, -0.15) is 5.48 Å². The molecule has 0 spiro atoms. The Morgan fingerprint density at radius 2 is 1.52 bits per heavy atom. The van der Waals surface area contributed by atoms with E-state index in [0.717, 1.165) is 36.4 Å². The third-order valence-electron chi connectivity index (χ3n) is 4.59. The Balaban J connectivity index is 2.10. The number of aliphatic hydroxyl groups excluding tert-OH is 2. The number of ether oxygens (including phenoxy) is 2. The molecule has 1 aliphatic rings. The number of aliphatic hydroxyl groups is 2. The van der Waals surface area contributed by atoms with Gasteiger partial charge < -0.3 is 24.5 Å². The molecule has 9 nitrogen and oxygen atoms in total. The van der Waals surface area contributed by atoms with E-state index in [9.17, 15) is 42.2 Å². The van der Waals surface area contributed by atoms with Crippen molar-refractivity contribution in [3.05, 3.63) is 65.5 Å². The third-order valence-corrected chi connectivity index (χ3v) is 4.59. The van der Waals surface area contributed by atoms with E-state index in [1.165, 1.54) is 12.1 Å². The van der Waals surface area contributed by atoms with Crippen molar-refractivity contribution in [3.8, 4) is 5.75 Å². The highest BCUT2D eigenvalue weighted by Gasteiger charge is 2.49. The van der Waals surface area contributed by atoms with Crippen LogP contribution >= 0.6 is 0 Å². The summed E-state index contributed by atoms with van der Waals surface area (Å²) in [5.74, 6) is -5.72. The first-order valence-corrected chi connectivity index (χ1v) is 9.12. The van der Waals surface area contributed by atoms with Crippen molar-refractivity contribution in [1.82, 2.24) is 5.48 Å². The normalized spacial score (nSPS) is 24.0. The van der Waals surface area contributed by atoms with Crippen LogP contribution in [-0.2, 0) is 36.0 Å². The zero-order valence-electron chi connectivity index (χ0n) is 16.3. The van der Waals surface area contributed by atoms with E-state index in [0.29, 0.717) is 0 Å². The zero-order chi connectivity index (χ0) is 24.4. The molecule has 3 rings (SSSR count). The lowest BCUT2D eigenvalue weighted by atomic mass is 9.86. The maximum absolute atomic E-state index is 13.3. The van der Waals surface area contributed by atoms with E-state index in [1.807, 2.05) is 0 Å². The largest absolute Gasteiger partial charge is 0.573 e. The van der Waals surface area contributed by atoms with Crippen LogP contribution in [0.2, 0.25) is 0 Å². The SMILES string of the molecule is O=C1ONC(=O)C(Cc2ccc(F)cc2)(c2ccc(OC(F)(F)F)cc2)OC(=O)C(O)C1O. The maximum Gasteiger partial charge on any atom is 0.573 e. The molecule has 0 aliphatic carbocycles. The van der Waals surface area contributed by atoms with Gasteiger partial charge in [-0.25, -0.2) is 14.0 Å².